The molecule has 2 N–H and O–H groups in total. The molecule has 0 saturated heterocycles. The fraction of sp³-hybridized carbons (Fsp3) is 0.0667. The average molecular weight is 250 g/mol. The van der Waals surface area contributed by atoms with Crippen LogP contribution in [0.5, 0.6) is 0 Å². The molecule has 0 aliphatic heterocycles. The SMILES string of the molecule is Cc1cccc(N)c1-c1nncn1-c1ccccc1. The van der Waals surface area contributed by atoms with Crippen molar-refractivity contribution in [3.8, 4) is 17.1 Å². The monoisotopic (exact) mass is 250 g/mol. The van der Waals surface area contributed by atoms with Crippen LogP contribution < -0.4 is 5.73 Å². The summed E-state index contributed by atoms with van der Waals surface area (Å²) in [4.78, 5) is 0. The molecular weight excluding hydrogens is 236 g/mol. The Morgan fingerprint density at radius 3 is 2.53 bits per heavy atom. The van der Waals surface area contributed by atoms with Crippen LogP contribution in [-0.2, 0) is 0 Å². The Morgan fingerprint density at radius 2 is 1.79 bits per heavy atom. The highest BCUT2D eigenvalue weighted by molar-refractivity contribution is 5.75. The van der Waals surface area contributed by atoms with E-state index in [1.54, 1.807) is 6.33 Å². The third-order valence-corrected chi connectivity index (χ3v) is 3.11. The van der Waals surface area contributed by atoms with Gasteiger partial charge in [-0.1, -0.05) is 30.3 Å². The lowest BCUT2D eigenvalue weighted by Gasteiger charge is -2.10. The highest BCUT2D eigenvalue weighted by Gasteiger charge is 2.13. The molecule has 0 aliphatic carbocycles. The topological polar surface area (TPSA) is 56.7 Å². The molecule has 0 amide bonds. The van der Waals surface area contributed by atoms with Crippen LogP contribution in [0.3, 0.4) is 0 Å². The van der Waals surface area contributed by atoms with Crippen molar-refractivity contribution in [2.75, 3.05) is 5.73 Å². The van der Waals surface area contributed by atoms with Gasteiger partial charge in [-0.3, -0.25) is 4.57 Å². The molecule has 2 aromatic carbocycles. The van der Waals surface area contributed by atoms with Crippen molar-refractivity contribution in [2.24, 2.45) is 0 Å². The number of hydrogen-bond acceptors (Lipinski definition) is 3. The molecule has 19 heavy (non-hydrogen) atoms. The van der Waals surface area contributed by atoms with Crippen LogP contribution >= 0.6 is 0 Å². The Morgan fingerprint density at radius 1 is 1.00 bits per heavy atom. The summed E-state index contributed by atoms with van der Waals surface area (Å²) in [6, 6.07) is 15.8. The number of nitrogens with two attached hydrogens (primary N) is 1. The van der Waals surface area contributed by atoms with Gasteiger partial charge in [0.15, 0.2) is 5.82 Å². The second kappa shape index (κ2) is 4.57. The lowest BCUT2D eigenvalue weighted by Crippen LogP contribution is -2.00. The molecule has 0 aliphatic rings. The molecule has 0 spiro atoms. The number of benzene rings is 2. The van der Waals surface area contributed by atoms with Crippen molar-refractivity contribution >= 4 is 5.69 Å². The zero-order valence-corrected chi connectivity index (χ0v) is 10.6. The van der Waals surface area contributed by atoms with Gasteiger partial charge in [0, 0.05) is 16.9 Å². The van der Waals surface area contributed by atoms with E-state index < -0.39 is 0 Å². The minimum atomic E-state index is 0.713. The summed E-state index contributed by atoms with van der Waals surface area (Å²) in [6.45, 7) is 2.02. The van der Waals surface area contributed by atoms with Gasteiger partial charge in [-0.25, -0.2) is 0 Å². The summed E-state index contributed by atoms with van der Waals surface area (Å²) in [5, 5.41) is 8.23. The van der Waals surface area contributed by atoms with Crippen molar-refractivity contribution in [3.63, 3.8) is 0 Å². The largest absolute Gasteiger partial charge is 0.398 e. The van der Waals surface area contributed by atoms with E-state index in [0.717, 1.165) is 22.6 Å². The van der Waals surface area contributed by atoms with Gasteiger partial charge in [-0.2, -0.15) is 0 Å². The molecule has 94 valence electrons. The summed E-state index contributed by atoms with van der Waals surface area (Å²) in [7, 11) is 0. The maximum Gasteiger partial charge on any atom is 0.170 e. The van der Waals surface area contributed by atoms with Gasteiger partial charge in [-0.15, -0.1) is 10.2 Å². The van der Waals surface area contributed by atoms with Crippen molar-refractivity contribution in [1.82, 2.24) is 14.8 Å². The summed E-state index contributed by atoms with van der Waals surface area (Å²) in [6.07, 6.45) is 1.70. The van der Waals surface area contributed by atoms with E-state index in [0.29, 0.717) is 5.69 Å². The summed E-state index contributed by atoms with van der Waals surface area (Å²) < 4.78 is 1.94. The van der Waals surface area contributed by atoms with E-state index in [1.165, 1.54) is 0 Å². The van der Waals surface area contributed by atoms with E-state index in [4.69, 9.17) is 5.73 Å². The molecule has 0 fully saturated rings. The minimum Gasteiger partial charge on any atom is -0.398 e. The predicted octanol–water partition coefficient (Wildman–Crippen LogP) is 2.82. The molecule has 0 saturated carbocycles. The number of aryl methyl sites for hydroxylation is 1. The van der Waals surface area contributed by atoms with E-state index >= 15 is 0 Å². The Labute approximate surface area is 111 Å². The van der Waals surface area contributed by atoms with Gasteiger partial charge in [0.05, 0.1) is 0 Å². The Balaban J connectivity index is 2.21. The van der Waals surface area contributed by atoms with Crippen LogP contribution in [0.1, 0.15) is 5.56 Å². The zero-order valence-electron chi connectivity index (χ0n) is 10.6. The molecule has 0 radical (unpaired) electrons. The molecule has 3 aromatic rings. The third-order valence-electron chi connectivity index (χ3n) is 3.11. The highest BCUT2D eigenvalue weighted by atomic mass is 15.3. The number of nitrogens with zero attached hydrogens (tertiary/aromatic N) is 3. The van der Waals surface area contributed by atoms with Crippen LogP contribution in [0.2, 0.25) is 0 Å². The lowest BCUT2D eigenvalue weighted by atomic mass is 10.1. The molecule has 0 unspecified atom stereocenters. The van der Waals surface area contributed by atoms with Crippen LogP contribution in [0, 0.1) is 6.92 Å². The Bertz CT molecular complexity index is 681. The molecule has 3 rings (SSSR count). The first-order valence-corrected chi connectivity index (χ1v) is 6.08. The number of nitrogen functional groups attached to an aromatic ring is 1. The van der Waals surface area contributed by atoms with Gasteiger partial charge in [-0.05, 0) is 30.7 Å². The van der Waals surface area contributed by atoms with Gasteiger partial charge in [0.2, 0.25) is 0 Å². The van der Waals surface area contributed by atoms with Gasteiger partial charge in [0.25, 0.3) is 0 Å². The van der Waals surface area contributed by atoms with Crippen molar-refractivity contribution in [2.45, 2.75) is 6.92 Å². The normalized spacial score (nSPS) is 10.6. The van der Waals surface area contributed by atoms with Crippen LogP contribution in [-0.4, -0.2) is 14.8 Å². The first-order chi connectivity index (χ1) is 9.27. The smallest absolute Gasteiger partial charge is 0.170 e. The first-order valence-electron chi connectivity index (χ1n) is 6.08. The van der Waals surface area contributed by atoms with E-state index in [9.17, 15) is 0 Å². The van der Waals surface area contributed by atoms with Gasteiger partial charge in [0.1, 0.15) is 6.33 Å². The molecular formula is C15H14N4. The van der Waals surface area contributed by atoms with E-state index in [2.05, 4.69) is 10.2 Å². The number of anilines is 1. The second-order valence-electron chi connectivity index (χ2n) is 4.40. The van der Waals surface area contributed by atoms with Crippen LogP contribution in [0.25, 0.3) is 17.1 Å². The number of rotatable bonds is 2. The summed E-state index contributed by atoms with van der Waals surface area (Å²) >= 11 is 0. The maximum atomic E-state index is 6.08. The standard InChI is InChI=1S/C15H14N4/c1-11-6-5-9-13(16)14(11)15-18-17-10-19(15)12-7-3-2-4-8-12/h2-10H,16H2,1H3. The van der Waals surface area contributed by atoms with Gasteiger partial charge < -0.3 is 5.73 Å². The van der Waals surface area contributed by atoms with E-state index in [-0.39, 0.29) is 0 Å². The maximum absolute atomic E-state index is 6.08. The van der Waals surface area contributed by atoms with Crippen molar-refractivity contribution < 1.29 is 0 Å². The zero-order chi connectivity index (χ0) is 13.2. The molecule has 0 bridgehead atoms. The average Bonchev–Trinajstić information content (AvgIpc) is 2.89. The van der Waals surface area contributed by atoms with Crippen molar-refractivity contribution in [1.29, 1.82) is 0 Å². The molecule has 1 heterocycles. The molecule has 0 atom stereocenters. The molecule has 4 nitrogen and oxygen atoms in total. The number of aromatic nitrogens is 3. The molecule has 4 heteroatoms. The fourth-order valence-electron chi connectivity index (χ4n) is 2.18. The number of para-hydroxylation sites is 1. The Hall–Kier alpha value is -2.62. The first kappa shape index (κ1) is 11.5. The highest BCUT2D eigenvalue weighted by Crippen LogP contribution is 2.29. The summed E-state index contributed by atoms with van der Waals surface area (Å²) in [5.74, 6) is 0.766. The number of hydrogen-bond donors (Lipinski definition) is 1. The fourth-order valence-corrected chi connectivity index (χ4v) is 2.18. The lowest BCUT2D eigenvalue weighted by molar-refractivity contribution is 1.06. The molecule has 1 aromatic heterocycles. The van der Waals surface area contributed by atoms with Gasteiger partial charge >= 0.3 is 0 Å². The van der Waals surface area contributed by atoms with Crippen LogP contribution in [0.15, 0.2) is 54.9 Å². The second-order valence-corrected chi connectivity index (χ2v) is 4.40. The Kier molecular flexibility index (Phi) is 2.76. The predicted molar refractivity (Wildman–Crippen MR) is 75.9 cm³/mol. The minimum absolute atomic E-state index is 0.713. The van der Waals surface area contributed by atoms with E-state index in [1.807, 2.05) is 60.0 Å². The third kappa shape index (κ3) is 1.97. The van der Waals surface area contributed by atoms with Crippen molar-refractivity contribution in [3.05, 3.63) is 60.4 Å². The quantitative estimate of drug-likeness (QED) is 0.711. The summed E-state index contributed by atoms with van der Waals surface area (Å²) in [5.41, 5.74) is 9.83. The van der Waals surface area contributed by atoms with Crippen LogP contribution in [0.4, 0.5) is 5.69 Å².